The van der Waals surface area contributed by atoms with Crippen LogP contribution in [0.4, 0.5) is 0 Å². The van der Waals surface area contributed by atoms with E-state index >= 15 is 0 Å². The smallest absolute Gasteiger partial charge is 0.423 e. The van der Waals surface area contributed by atoms with Crippen molar-refractivity contribution >= 4 is 6.47 Å². The Morgan fingerprint density at radius 3 is 1.67 bits per heavy atom. The van der Waals surface area contributed by atoms with Gasteiger partial charge in [0.25, 0.3) is 0 Å². The molecule has 5 nitrogen and oxygen atoms in total. The van der Waals surface area contributed by atoms with Crippen LogP contribution in [-0.4, -0.2) is 27.8 Å². The van der Waals surface area contributed by atoms with Gasteiger partial charge in [0.05, 0.1) is 21.3 Å². The summed E-state index contributed by atoms with van der Waals surface area (Å²) in [6.07, 6.45) is 0. The molecule has 5 heteroatoms. The Kier molecular flexibility index (Phi) is 3.79. The second-order valence-electron chi connectivity index (χ2n) is 2.54. The highest BCUT2D eigenvalue weighted by atomic mass is 16.5. The van der Waals surface area contributed by atoms with Crippen LogP contribution < -0.4 is 18.9 Å². The maximum absolute atomic E-state index is 10.1. The second kappa shape index (κ2) is 5.09. The molecule has 81 valence electrons. The zero-order chi connectivity index (χ0) is 11.3. The van der Waals surface area contributed by atoms with Gasteiger partial charge < -0.3 is 18.9 Å². The second-order valence-corrected chi connectivity index (χ2v) is 2.54. The summed E-state index contributed by atoms with van der Waals surface area (Å²) in [6, 6.07) is 3.05. The highest BCUT2D eigenvalue weighted by Crippen LogP contribution is 2.38. The van der Waals surface area contributed by atoms with Gasteiger partial charge in [-0.1, -0.05) is 0 Å². The van der Waals surface area contributed by atoms with Gasteiger partial charge in [0.15, 0.2) is 23.0 Å². The molecule has 0 N–H and O–H groups in total. The molecule has 0 aliphatic heterocycles. The Labute approximate surface area is 87.5 Å². The van der Waals surface area contributed by atoms with Crippen molar-refractivity contribution < 1.29 is 23.7 Å². The number of hydrogen-bond acceptors (Lipinski definition) is 5. The lowest BCUT2D eigenvalue weighted by atomic mass is 10.2. The summed E-state index contributed by atoms with van der Waals surface area (Å²) in [5.41, 5.74) is 0. The summed E-state index contributed by atoms with van der Waals surface area (Å²) in [7, 11) is 4.45. The highest BCUT2D eigenvalue weighted by molar-refractivity contribution is 5.58. The summed E-state index contributed by atoms with van der Waals surface area (Å²) < 4.78 is 19.7. The Morgan fingerprint density at radius 1 is 0.867 bits per heavy atom. The molecule has 0 heterocycles. The van der Waals surface area contributed by atoms with E-state index < -0.39 is 0 Å². The van der Waals surface area contributed by atoms with Crippen LogP contribution in [0.15, 0.2) is 12.1 Å². The molecule has 0 fully saturated rings. The van der Waals surface area contributed by atoms with E-state index in [0.29, 0.717) is 17.2 Å². The molecule has 0 saturated carbocycles. The molecule has 0 saturated heterocycles. The van der Waals surface area contributed by atoms with E-state index in [1.165, 1.54) is 33.9 Å². The Balaban J connectivity index is 3.20. The molecule has 1 rings (SSSR count). The van der Waals surface area contributed by atoms with Crippen LogP contribution in [0.5, 0.6) is 23.0 Å². The van der Waals surface area contributed by atoms with E-state index in [4.69, 9.17) is 14.2 Å². The topological polar surface area (TPSA) is 54.0 Å². The third kappa shape index (κ3) is 2.31. The molecule has 0 bridgehead atoms. The molecule has 1 radical (unpaired) electrons. The summed E-state index contributed by atoms with van der Waals surface area (Å²) in [5.74, 6) is 1.54. The van der Waals surface area contributed by atoms with Gasteiger partial charge in [0, 0.05) is 12.1 Å². The summed E-state index contributed by atoms with van der Waals surface area (Å²) >= 11 is 0. The lowest BCUT2D eigenvalue weighted by Gasteiger charge is -2.11. The molecule has 0 amide bonds. The average molecular weight is 211 g/mol. The summed E-state index contributed by atoms with van der Waals surface area (Å²) in [6.45, 7) is 1.32. The molecule has 0 spiro atoms. The first-order valence-electron chi connectivity index (χ1n) is 4.10. The maximum Gasteiger partial charge on any atom is 0.423 e. The lowest BCUT2D eigenvalue weighted by Crippen LogP contribution is -1.97. The first-order valence-corrected chi connectivity index (χ1v) is 4.10. The molecular weight excluding hydrogens is 200 g/mol. The van der Waals surface area contributed by atoms with Crippen molar-refractivity contribution in [3.63, 3.8) is 0 Å². The molecule has 15 heavy (non-hydrogen) atoms. The van der Waals surface area contributed by atoms with Gasteiger partial charge in [-0.15, -0.1) is 0 Å². The van der Waals surface area contributed by atoms with Crippen molar-refractivity contribution in [2.75, 3.05) is 21.3 Å². The minimum Gasteiger partial charge on any atom is -0.493 e. The quantitative estimate of drug-likeness (QED) is 0.731. The van der Waals surface area contributed by atoms with Crippen LogP contribution in [0.2, 0.25) is 0 Å². The van der Waals surface area contributed by atoms with Gasteiger partial charge in [-0.3, -0.25) is 0 Å². The van der Waals surface area contributed by atoms with Crippen LogP contribution in [-0.2, 0) is 4.79 Å². The minimum atomic E-state index is 0.227. The maximum atomic E-state index is 10.1. The number of methoxy groups -OCH3 is 3. The number of carbonyl (C=O) groups excluding carboxylic acids is 1. The molecule has 0 aliphatic carbocycles. The first kappa shape index (κ1) is 11.2. The Bertz CT molecular complexity index is 348. The van der Waals surface area contributed by atoms with Gasteiger partial charge >= 0.3 is 6.47 Å². The van der Waals surface area contributed by atoms with Crippen LogP contribution in [0.1, 0.15) is 0 Å². The fourth-order valence-electron chi connectivity index (χ4n) is 1.13. The normalized spacial score (nSPS) is 9.27. The van der Waals surface area contributed by atoms with Crippen LogP contribution in [0.3, 0.4) is 0 Å². The van der Waals surface area contributed by atoms with Crippen molar-refractivity contribution in [1.29, 1.82) is 0 Å². The van der Waals surface area contributed by atoms with Crippen molar-refractivity contribution in [2.45, 2.75) is 0 Å². The number of ether oxygens (including phenoxy) is 4. The number of benzene rings is 1. The van der Waals surface area contributed by atoms with E-state index in [2.05, 4.69) is 4.74 Å². The summed E-state index contributed by atoms with van der Waals surface area (Å²) in [5, 5.41) is 0. The fraction of sp³-hybridized carbons (Fsp3) is 0.300. The van der Waals surface area contributed by atoms with Crippen molar-refractivity contribution in [3.05, 3.63) is 12.1 Å². The fourth-order valence-corrected chi connectivity index (χ4v) is 1.13. The van der Waals surface area contributed by atoms with Crippen molar-refractivity contribution in [1.82, 2.24) is 0 Å². The molecular formula is C10H11O5. The van der Waals surface area contributed by atoms with Gasteiger partial charge in [-0.2, -0.15) is 0 Å². The predicted octanol–water partition coefficient (Wildman–Crippen LogP) is 1.16. The largest absolute Gasteiger partial charge is 0.493 e. The van der Waals surface area contributed by atoms with Crippen LogP contribution in [0, 0.1) is 0 Å². The van der Waals surface area contributed by atoms with E-state index in [0.717, 1.165) is 0 Å². The van der Waals surface area contributed by atoms with Crippen LogP contribution >= 0.6 is 0 Å². The zero-order valence-electron chi connectivity index (χ0n) is 8.70. The van der Waals surface area contributed by atoms with Crippen LogP contribution in [0.25, 0.3) is 0 Å². The van der Waals surface area contributed by atoms with E-state index in [1.54, 1.807) is 6.07 Å². The Hall–Kier alpha value is -1.91. The highest BCUT2D eigenvalue weighted by Gasteiger charge is 2.12. The first-order chi connectivity index (χ1) is 7.26. The van der Waals surface area contributed by atoms with Gasteiger partial charge in [-0.05, 0) is 0 Å². The SMILES string of the molecule is COc1cc(OC)c(O[C]=O)cc1OC. The monoisotopic (exact) mass is 211 g/mol. The minimum absolute atomic E-state index is 0.227. The van der Waals surface area contributed by atoms with Crippen molar-refractivity contribution in [3.8, 4) is 23.0 Å². The lowest BCUT2D eigenvalue weighted by molar-refractivity contribution is 0.340. The zero-order valence-corrected chi connectivity index (χ0v) is 8.70. The van der Waals surface area contributed by atoms with E-state index in [-0.39, 0.29) is 5.75 Å². The molecule has 0 aromatic heterocycles. The standard InChI is InChI=1S/C10H11O5/c1-12-7-4-9(14-3)10(15-6-11)5-8(7)13-2/h4-5H,1-3H3. The molecule has 1 aromatic rings. The molecule has 0 atom stereocenters. The average Bonchev–Trinajstić information content (AvgIpc) is 2.28. The Morgan fingerprint density at radius 2 is 1.27 bits per heavy atom. The van der Waals surface area contributed by atoms with E-state index in [1.807, 2.05) is 0 Å². The van der Waals surface area contributed by atoms with Crippen molar-refractivity contribution in [2.24, 2.45) is 0 Å². The third-order valence-corrected chi connectivity index (χ3v) is 1.82. The van der Waals surface area contributed by atoms with Gasteiger partial charge in [0.1, 0.15) is 0 Å². The van der Waals surface area contributed by atoms with Gasteiger partial charge in [-0.25, -0.2) is 4.79 Å². The predicted molar refractivity (Wildman–Crippen MR) is 52.4 cm³/mol. The van der Waals surface area contributed by atoms with E-state index in [9.17, 15) is 4.79 Å². The summed E-state index contributed by atoms with van der Waals surface area (Å²) in [4.78, 5) is 10.1. The van der Waals surface area contributed by atoms with Gasteiger partial charge in [0.2, 0.25) is 0 Å². The molecule has 1 aromatic carbocycles. The third-order valence-electron chi connectivity index (χ3n) is 1.82. The molecule has 0 unspecified atom stereocenters. The molecule has 0 aliphatic rings. The number of rotatable bonds is 5. The number of hydrogen-bond donors (Lipinski definition) is 0.